The SMILES string of the molecule is [2H]C([2H])([2H])CCCCCCC(=O)C(O)(CC(=O)[O-])C[N+](C)(C)C. The van der Waals surface area contributed by atoms with Crippen LogP contribution in [-0.4, -0.2) is 54.6 Å². The number of Topliss-reactive ketones (excluding diaryl/α,β-unsaturated/α-hetero) is 1. The number of carboxylic acids is 1. The number of aliphatic carboxylic acids is 1. The maximum Gasteiger partial charge on any atom is 0.177 e. The van der Waals surface area contributed by atoms with Crippen LogP contribution in [0.4, 0.5) is 0 Å². The highest BCUT2D eigenvalue weighted by atomic mass is 16.4. The van der Waals surface area contributed by atoms with E-state index < -0.39 is 30.6 Å². The van der Waals surface area contributed by atoms with E-state index in [-0.39, 0.29) is 23.9 Å². The van der Waals surface area contributed by atoms with Crippen LogP contribution in [0.1, 0.15) is 55.9 Å². The molecule has 5 nitrogen and oxygen atoms in total. The fourth-order valence-electron chi connectivity index (χ4n) is 2.26. The maximum atomic E-state index is 12.2. The summed E-state index contributed by atoms with van der Waals surface area (Å²) in [4.78, 5) is 23.1. The molecule has 0 aliphatic carbocycles. The largest absolute Gasteiger partial charge is 0.550 e. The average Bonchev–Trinajstić information content (AvgIpc) is 2.28. The third kappa shape index (κ3) is 8.27. The number of unbranched alkanes of at least 4 members (excludes halogenated alkanes) is 3. The van der Waals surface area contributed by atoms with Gasteiger partial charge in [-0.3, -0.25) is 4.79 Å². The number of hydrogen-bond donors (Lipinski definition) is 1. The molecule has 0 fully saturated rings. The summed E-state index contributed by atoms with van der Waals surface area (Å²) in [5.74, 6) is -1.95. The van der Waals surface area contributed by atoms with E-state index in [4.69, 9.17) is 4.11 Å². The van der Waals surface area contributed by atoms with Crippen molar-refractivity contribution in [2.75, 3.05) is 27.7 Å². The Balaban J connectivity index is 4.37. The number of carbonyl (C=O) groups is 2. The number of likely N-dealkylation sites (N-methyl/N-ethyl adjacent to an activating group) is 1. The van der Waals surface area contributed by atoms with Gasteiger partial charge in [0.2, 0.25) is 0 Å². The molecule has 0 aliphatic heterocycles. The third-order valence-electron chi connectivity index (χ3n) is 3.02. The van der Waals surface area contributed by atoms with E-state index >= 15 is 0 Å². The first-order chi connectivity index (χ1) is 10.3. The van der Waals surface area contributed by atoms with Gasteiger partial charge in [-0.2, -0.15) is 0 Å². The van der Waals surface area contributed by atoms with E-state index in [1.54, 1.807) is 21.1 Å². The number of aliphatic hydroxyl groups is 1. The molecule has 0 heterocycles. The van der Waals surface area contributed by atoms with Crippen molar-refractivity contribution in [1.29, 1.82) is 0 Å². The lowest BCUT2D eigenvalue weighted by Gasteiger charge is -2.34. The molecule has 5 heteroatoms. The lowest BCUT2D eigenvalue weighted by Crippen LogP contribution is -2.56. The van der Waals surface area contributed by atoms with E-state index in [2.05, 4.69) is 0 Å². The van der Waals surface area contributed by atoms with Crippen LogP contribution in [0.25, 0.3) is 0 Å². The fourth-order valence-corrected chi connectivity index (χ4v) is 2.26. The van der Waals surface area contributed by atoms with Crippen molar-refractivity contribution in [2.24, 2.45) is 0 Å². The molecular weight excluding hydrogens is 258 g/mol. The van der Waals surface area contributed by atoms with Crippen molar-refractivity contribution >= 4 is 11.8 Å². The van der Waals surface area contributed by atoms with Gasteiger partial charge in [-0.25, -0.2) is 0 Å². The molecule has 0 spiro atoms. The van der Waals surface area contributed by atoms with E-state index in [1.807, 2.05) is 0 Å². The zero-order valence-corrected chi connectivity index (χ0v) is 12.8. The maximum absolute atomic E-state index is 12.2. The molecule has 1 atom stereocenters. The highest BCUT2D eigenvalue weighted by Gasteiger charge is 2.40. The summed E-state index contributed by atoms with van der Waals surface area (Å²) in [6.45, 7) is -1.92. The van der Waals surface area contributed by atoms with Gasteiger partial charge in [0.25, 0.3) is 0 Å². The topological polar surface area (TPSA) is 77.4 Å². The molecule has 0 radical (unpaired) electrons. The predicted octanol–water partition coefficient (Wildman–Crippen LogP) is 0.493. The van der Waals surface area contributed by atoms with Crippen molar-refractivity contribution in [2.45, 2.75) is 57.4 Å². The van der Waals surface area contributed by atoms with Gasteiger partial charge >= 0.3 is 0 Å². The van der Waals surface area contributed by atoms with Crippen molar-refractivity contribution in [3.05, 3.63) is 0 Å². The Labute approximate surface area is 126 Å². The molecule has 0 saturated heterocycles. The van der Waals surface area contributed by atoms with Gasteiger partial charge in [0.05, 0.1) is 21.1 Å². The molecule has 0 aliphatic rings. The van der Waals surface area contributed by atoms with Crippen LogP contribution in [0, 0.1) is 0 Å². The minimum atomic E-state index is -1.92. The first-order valence-corrected chi connectivity index (χ1v) is 7.01. The Hall–Kier alpha value is -0.940. The zero-order chi connectivity index (χ0) is 18.3. The first kappa shape index (κ1) is 14.0. The molecule has 0 aromatic carbocycles. The Morgan fingerprint density at radius 1 is 1.20 bits per heavy atom. The molecule has 118 valence electrons. The van der Waals surface area contributed by atoms with Crippen LogP contribution in [-0.2, 0) is 9.59 Å². The molecule has 20 heavy (non-hydrogen) atoms. The van der Waals surface area contributed by atoms with Crippen LogP contribution < -0.4 is 5.11 Å². The molecular formula is C15H29NO4. The van der Waals surface area contributed by atoms with Crippen LogP contribution in [0.15, 0.2) is 0 Å². The van der Waals surface area contributed by atoms with Gasteiger partial charge in [-0.05, 0) is 6.42 Å². The molecule has 0 bridgehead atoms. The molecule has 1 N–H and O–H groups in total. The first-order valence-electron chi connectivity index (χ1n) is 8.51. The number of ketones is 1. The number of carboxylic acid groups (broad SMARTS) is 1. The van der Waals surface area contributed by atoms with Crippen molar-refractivity contribution in [1.82, 2.24) is 0 Å². The summed E-state index contributed by atoms with van der Waals surface area (Å²) >= 11 is 0. The van der Waals surface area contributed by atoms with Gasteiger partial charge in [0.1, 0.15) is 6.54 Å². The average molecular weight is 290 g/mol. The van der Waals surface area contributed by atoms with Gasteiger partial charge in [0.15, 0.2) is 11.4 Å². The van der Waals surface area contributed by atoms with Crippen LogP contribution in [0.2, 0.25) is 0 Å². The van der Waals surface area contributed by atoms with Crippen LogP contribution in [0.5, 0.6) is 0 Å². The number of quaternary nitrogens is 1. The van der Waals surface area contributed by atoms with Gasteiger partial charge in [-0.15, -0.1) is 0 Å². The standard InChI is InChI=1S/C15H29NO4/c1-5-6-7-8-9-10-13(17)15(20,11-14(18)19)12-16(2,3)4/h20H,5-12H2,1-4H3/i1D3. The van der Waals surface area contributed by atoms with Crippen LogP contribution in [0.3, 0.4) is 0 Å². The molecule has 0 saturated carbocycles. The molecule has 0 aromatic heterocycles. The molecule has 0 aromatic rings. The summed E-state index contributed by atoms with van der Waals surface area (Å²) < 4.78 is 21.5. The highest BCUT2D eigenvalue weighted by Crippen LogP contribution is 2.19. The summed E-state index contributed by atoms with van der Waals surface area (Å²) in [5, 5.41) is 21.3. The Morgan fingerprint density at radius 3 is 2.30 bits per heavy atom. The quantitative estimate of drug-likeness (QED) is 0.444. The Kier molecular flexibility index (Phi) is 5.87. The molecule has 1 unspecified atom stereocenters. The predicted molar refractivity (Wildman–Crippen MR) is 75.9 cm³/mol. The molecule has 0 rings (SSSR count). The third-order valence-corrected chi connectivity index (χ3v) is 3.02. The number of carbonyl (C=O) groups excluding carboxylic acids is 2. The van der Waals surface area contributed by atoms with E-state index in [0.29, 0.717) is 25.7 Å². The Morgan fingerprint density at radius 2 is 1.80 bits per heavy atom. The van der Waals surface area contributed by atoms with E-state index in [1.165, 1.54) is 0 Å². The monoisotopic (exact) mass is 290 g/mol. The van der Waals surface area contributed by atoms with Gasteiger partial charge < -0.3 is 19.5 Å². The fraction of sp³-hybridized carbons (Fsp3) is 0.867. The lowest BCUT2D eigenvalue weighted by molar-refractivity contribution is -0.875. The summed E-state index contributed by atoms with van der Waals surface area (Å²) in [7, 11) is 5.30. The summed E-state index contributed by atoms with van der Waals surface area (Å²) in [6, 6.07) is 0. The van der Waals surface area contributed by atoms with Crippen LogP contribution >= 0.6 is 0 Å². The van der Waals surface area contributed by atoms with E-state index in [0.717, 1.165) is 0 Å². The highest BCUT2D eigenvalue weighted by molar-refractivity contribution is 5.90. The number of rotatable bonds is 11. The minimum Gasteiger partial charge on any atom is -0.550 e. The smallest absolute Gasteiger partial charge is 0.177 e. The summed E-state index contributed by atoms with van der Waals surface area (Å²) in [5.41, 5.74) is -1.92. The number of hydrogen-bond acceptors (Lipinski definition) is 4. The van der Waals surface area contributed by atoms with Crippen molar-refractivity contribution in [3.8, 4) is 0 Å². The normalized spacial score (nSPS) is 17.7. The van der Waals surface area contributed by atoms with Crippen molar-refractivity contribution in [3.63, 3.8) is 0 Å². The van der Waals surface area contributed by atoms with Gasteiger partial charge in [-0.1, -0.05) is 32.5 Å². The minimum absolute atomic E-state index is 0.00113. The second-order valence-corrected chi connectivity index (χ2v) is 6.37. The lowest BCUT2D eigenvalue weighted by atomic mass is 9.89. The Bertz CT molecular complexity index is 405. The van der Waals surface area contributed by atoms with Crippen molar-refractivity contribution < 1.29 is 28.4 Å². The summed E-state index contributed by atoms with van der Waals surface area (Å²) in [6.07, 6.45) is 1.96. The zero-order valence-electron chi connectivity index (χ0n) is 15.8. The second-order valence-electron chi connectivity index (χ2n) is 6.37. The second kappa shape index (κ2) is 8.37. The number of nitrogens with zero attached hydrogens (tertiary/aromatic N) is 1. The van der Waals surface area contributed by atoms with Gasteiger partial charge in [0, 0.05) is 22.9 Å². The molecule has 0 amide bonds. The van der Waals surface area contributed by atoms with E-state index in [9.17, 15) is 19.8 Å².